The van der Waals surface area contributed by atoms with Crippen LogP contribution >= 0.6 is 0 Å². The zero-order valence-electron chi connectivity index (χ0n) is 12.3. The predicted octanol–water partition coefficient (Wildman–Crippen LogP) is 2.64. The minimum absolute atomic E-state index is 0.414. The largest absolute Gasteiger partial charge is 0.370 e. The lowest BCUT2D eigenvalue weighted by atomic mass is 10.0. The van der Waals surface area contributed by atoms with Gasteiger partial charge >= 0.3 is 0 Å². The maximum atomic E-state index is 4.47. The molecule has 0 atom stereocenters. The van der Waals surface area contributed by atoms with Crippen LogP contribution in [-0.2, 0) is 0 Å². The van der Waals surface area contributed by atoms with Gasteiger partial charge in [-0.15, -0.1) is 0 Å². The second-order valence-corrected chi connectivity index (χ2v) is 6.51. The van der Waals surface area contributed by atoms with E-state index in [0.717, 1.165) is 18.3 Å². The summed E-state index contributed by atoms with van der Waals surface area (Å²) in [5.74, 6) is 2.35. The fraction of sp³-hybridized carbons (Fsp3) is 0.714. The molecular formula is C14H24N4. The third kappa shape index (κ3) is 2.04. The minimum Gasteiger partial charge on any atom is -0.370 e. The third-order valence-corrected chi connectivity index (χ3v) is 4.85. The molecule has 1 aliphatic rings. The quantitative estimate of drug-likeness (QED) is 0.889. The van der Waals surface area contributed by atoms with Crippen molar-refractivity contribution in [1.29, 1.82) is 0 Å². The summed E-state index contributed by atoms with van der Waals surface area (Å²) in [5.41, 5.74) is 0.828. The molecule has 0 spiro atoms. The Labute approximate surface area is 110 Å². The van der Waals surface area contributed by atoms with E-state index in [9.17, 15) is 0 Å². The number of hydrogen-bond acceptors (Lipinski definition) is 4. The molecule has 1 fully saturated rings. The maximum Gasteiger partial charge on any atom is 0.226 e. The summed E-state index contributed by atoms with van der Waals surface area (Å²) in [6.45, 7) is 10.3. The van der Waals surface area contributed by atoms with Crippen molar-refractivity contribution in [2.24, 2.45) is 16.7 Å². The summed E-state index contributed by atoms with van der Waals surface area (Å²) < 4.78 is 0. The van der Waals surface area contributed by atoms with Crippen molar-refractivity contribution in [3.63, 3.8) is 0 Å². The van der Waals surface area contributed by atoms with Crippen molar-refractivity contribution in [2.45, 2.75) is 27.7 Å². The fourth-order valence-corrected chi connectivity index (χ4v) is 2.71. The average molecular weight is 248 g/mol. The van der Waals surface area contributed by atoms with E-state index in [0.29, 0.717) is 16.7 Å². The van der Waals surface area contributed by atoms with Gasteiger partial charge in [-0.05, 0) is 22.8 Å². The third-order valence-electron chi connectivity index (χ3n) is 4.85. The molecular weight excluding hydrogens is 224 g/mol. The van der Waals surface area contributed by atoms with Crippen molar-refractivity contribution in [2.75, 3.05) is 30.9 Å². The number of rotatable bonds is 4. The molecule has 0 amide bonds. The maximum absolute atomic E-state index is 4.47. The zero-order valence-corrected chi connectivity index (χ0v) is 12.3. The molecule has 1 aromatic rings. The fourth-order valence-electron chi connectivity index (χ4n) is 2.71. The molecule has 4 heteroatoms. The average Bonchev–Trinajstić information content (AvgIpc) is 2.67. The van der Waals surface area contributed by atoms with Gasteiger partial charge in [0.2, 0.25) is 5.95 Å². The Kier molecular flexibility index (Phi) is 2.99. The first-order valence-electron chi connectivity index (χ1n) is 6.51. The first-order valence-corrected chi connectivity index (χ1v) is 6.51. The standard InChI is InChI=1S/C14H24N4/c1-13(2)10(14(13,3)4)9-16-11-7-8-15-12(17-11)18(5)6/h7-8,10H,9H2,1-6H3,(H,15,16,17). The lowest BCUT2D eigenvalue weighted by molar-refractivity contribution is 0.457. The van der Waals surface area contributed by atoms with E-state index in [1.807, 2.05) is 25.1 Å². The monoisotopic (exact) mass is 248 g/mol. The van der Waals surface area contributed by atoms with Crippen LogP contribution in [0, 0.1) is 16.7 Å². The molecule has 0 aliphatic heterocycles. The molecule has 1 aromatic heterocycles. The minimum atomic E-state index is 0.414. The van der Waals surface area contributed by atoms with Gasteiger partial charge in [-0.1, -0.05) is 27.7 Å². The van der Waals surface area contributed by atoms with Crippen LogP contribution in [0.15, 0.2) is 12.3 Å². The van der Waals surface area contributed by atoms with Crippen molar-refractivity contribution in [3.8, 4) is 0 Å². The smallest absolute Gasteiger partial charge is 0.226 e. The Morgan fingerprint density at radius 1 is 1.22 bits per heavy atom. The van der Waals surface area contributed by atoms with Gasteiger partial charge in [0.05, 0.1) is 0 Å². The summed E-state index contributed by atoms with van der Waals surface area (Å²) >= 11 is 0. The van der Waals surface area contributed by atoms with Gasteiger partial charge in [-0.25, -0.2) is 4.98 Å². The molecule has 2 rings (SSSR count). The van der Waals surface area contributed by atoms with Gasteiger partial charge in [0.25, 0.3) is 0 Å². The molecule has 18 heavy (non-hydrogen) atoms. The molecule has 0 aromatic carbocycles. The zero-order chi connectivity index (χ0) is 13.6. The molecule has 0 saturated heterocycles. The van der Waals surface area contributed by atoms with Gasteiger partial charge in [0.15, 0.2) is 0 Å². The molecule has 1 heterocycles. The van der Waals surface area contributed by atoms with Crippen LogP contribution in [0.2, 0.25) is 0 Å². The Morgan fingerprint density at radius 3 is 2.33 bits per heavy atom. The van der Waals surface area contributed by atoms with Crippen LogP contribution in [0.3, 0.4) is 0 Å². The van der Waals surface area contributed by atoms with Gasteiger partial charge in [-0.2, -0.15) is 4.98 Å². The molecule has 4 nitrogen and oxygen atoms in total. The Bertz CT molecular complexity index is 423. The van der Waals surface area contributed by atoms with E-state index < -0.39 is 0 Å². The molecule has 1 saturated carbocycles. The van der Waals surface area contributed by atoms with Crippen molar-refractivity contribution >= 4 is 11.8 Å². The van der Waals surface area contributed by atoms with E-state index in [4.69, 9.17) is 0 Å². The highest BCUT2D eigenvalue weighted by Crippen LogP contribution is 2.68. The highest BCUT2D eigenvalue weighted by atomic mass is 15.2. The van der Waals surface area contributed by atoms with Crippen LogP contribution in [0.1, 0.15) is 27.7 Å². The summed E-state index contributed by atoms with van der Waals surface area (Å²) in [6, 6.07) is 1.93. The Morgan fingerprint density at radius 2 is 1.83 bits per heavy atom. The van der Waals surface area contributed by atoms with E-state index in [1.54, 1.807) is 6.20 Å². The number of hydrogen-bond donors (Lipinski definition) is 1. The second-order valence-electron chi connectivity index (χ2n) is 6.51. The van der Waals surface area contributed by atoms with Gasteiger partial charge < -0.3 is 10.2 Å². The summed E-state index contributed by atoms with van der Waals surface area (Å²) in [4.78, 5) is 10.6. The van der Waals surface area contributed by atoms with Crippen LogP contribution in [0.5, 0.6) is 0 Å². The molecule has 1 aliphatic carbocycles. The summed E-state index contributed by atoms with van der Waals surface area (Å²) in [5, 5.41) is 3.44. The van der Waals surface area contributed by atoms with Crippen LogP contribution in [0.25, 0.3) is 0 Å². The molecule has 0 unspecified atom stereocenters. The van der Waals surface area contributed by atoms with Gasteiger partial charge in [-0.3, -0.25) is 0 Å². The number of anilines is 2. The number of aromatic nitrogens is 2. The molecule has 1 N–H and O–H groups in total. The van der Waals surface area contributed by atoms with E-state index in [2.05, 4.69) is 43.0 Å². The SMILES string of the molecule is CN(C)c1nccc(NCC2C(C)(C)C2(C)C)n1. The molecule has 100 valence electrons. The topological polar surface area (TPSA) is 41.1 Å². The van der Waals surface area contributed by atoms with E-state index >= 15 is 0 Å². The van der Waals surface area contributed by atoms with Crippen molar-refractivity contribution in [1.82, 2.24) is 9.97 Å². The van der Waals surface area contributed by atoms with Crippen LogP contribution in [-0.4, -0.2) is 30.6 Å². The van der Waals surface area contributed by atoms with Gasteiger partial charge in [0.1, 0.15) is 5.82 Å². The number of nitrogens with one attached hydrogen (secondary N) is 1. The van der Waals surface area contributed by atoms with Crippen molar-refractivity contribution < 1.29 is 0 Å². The lowest BCUT2D eigenvalue weighted by Crippen LogP contribution is -2.15. The summed E-state index contributed by atoms with van der Waals surface area (Å²) in [6.07, 6.45) is 1.80. The van der Waals surface area contributed by atoms with Crippen LogP contribution in [0.4, 0.5) is 11.8 Å². The van der Waals surface area contributed by atoms with E-state index in [-0.39, 0.29) is 0 Å². The van der Waals surface area contributed by atoms with E-state index in [1.165, 1.54) is 0 Å². The number of nitrogens with zero attached hydrogens (tertiary/aromatic N) is 3. The Hall–Kier alpha value is -1.32. The first kappa shape index (κ1) is 13.1. The first-order chi connectivity index (χ1) is 8.26. The highest BCUT2D eigenvalue weighted by Gasteiger charge is 2.64. The van der Waals surface area contributed by atoms with Crippen molar-refractivity contribution in [3.05, 3.63) is 12.3 Å². The molecule has 0 radical (unpaired) electrons. The van der Waals surface area contributed by atoms with Crippen LogP contribution < -0.4 is 10.2 Å². The summed E-state index contributed by atoms with van der Waals surface area (Å²) in [7, 11) is 3.90. The van der Waals surface area contributed by atoms with Gasteiger partial charge in [0, 0.05) is 26.8 Å². The lowest BCUT2D eigenvalue weighted by Gasteiger charge is -2.12. The normalized spacial score (nSPS) is 20.6. The predicted molar refractivity (Wildman–Crippen MR) is 75.9 cm³/mol. The second kappa shape index (κ2) is 4.11. The Balaban J connectivity index is 1.98. The highest BCUT2D eigenvalue weighted by molar-refractivity contribution is 5.40. The molecule has 0 bridgehead atoms.